The highest BCUT2D eigenvalue weighted by atomic mass is 16.7. The molecule has 3 saturated carbocycles. The van der Waals surface area contributed by atoms with Gasteiger partial charge in [-0.05, 0) is 106 Å². The number of aliphatic hydroxyl groups excluding tert-OH is 4. The molecule has 0 amide bonds. The zero-order valence-electron chi connectivity index (χ0n) is 32.1. The van der Waals surface area contributed by atoms with Crippen LogP contribution in [0.15, 0.2) is 11.6 Å². The van der Waals surface area contributed by atoms with Crippen molar-refractivity contribution in [1.29, 1.82) is 0 Å². The molecular weight excluding hydrogens is 636 g/mol. The Morgan fingerprint density at radius 1 is 0.840 bits per heavy atom. The van der Waals surface area contributed by atoms with E-state index < -0.39 is 42.6 Å². The van der Waals surface area contributed by atoms with Gasteiger partial charge < -0.3 is 44.5 Å². The Kier molecular flexibility index (Phi) is 11.4. The quantitative estimate of drug-likeness (QED) is 0.163. The Hall–Kier alpha value is -0.620. The van der Waals surface area contributed by atoms with Gasteiger partial charge in [0.2, 0.25) is 0 Å². The van der Waals surface area contributed by atoms with E-state index in [9.17, 15) is 25.5 Å². The summed E-state index contributed by atoms with van der Waals surface area (Å²) in [6, 6.07) is 0. The van der Waals surface area contributed by atoms with E-state index in [2.05, 4.69) is 40.7 Å². The maximum Gasteiger partial charge on any atom is 0.161 e. The summed E-state index contributed by atoms with van der Waals surface area (Å²) in [6.07, 6.45) is 11.9. The first kappa shape index (κ1) is 39.1. The van der Waals surface area contributed by atoms with E-state index >= 15 is 0 Å². The van der Waals surface area contributed by atoms with Gasteiger partial charge in [0, 0.05) is 31.1 Å². The number of rotatable bonds is 11. The fourth-order valence-electron chi connectivity index (χ4n) is 12.3. The van der Waals surface area contributed by atoms with Gasteiger partial charge in [-0.3, -0.25) is 0 Å². The van der Waals surface area contributed by atoms with Crippen LogP contribution in [0.1, 0.15) is 138 Å². The van der Waals surface area contributed by atoms with E-state index in [4.69, 9.17) is 18.9 Å². The van der Waals surface area contributed by atoms with Crippen LogP contribution in [0, 0.1) is 39.4 Å². The van der Waals surface area contributed by atoms with Crippen LogP contribution < -0.4 is 0 Å². The van der Waals surface area contributed by atoms with Crippen LogP contribution >= 0.6 is 0 Å². The van der Waals surface area contributed by atoms with E-state index in [-0.39, 0.29) is 47.1 Å². The molecule has 6 rings (SSSR count). The predicted molar refractivity (Wildman–Crippen MR) is 191 cm³/mol. The molecule has 5 fully saturated rings. The second-order valence-electron chi connectivity index (χ2n) is 19.2. The molecule has 0 aromatic heterocycles. The molecular formula is C41H70O9. The first-order chi connectivity index (χ1) is 23.4. The maximum absolute atomic E-state index is 11.1. The van der Waals surface area contributed by atoms with Gasteiger partial charge in [0.25, 0.3) is 0 Å². The number of hydrogen-bond donors (Lipinski definition) is 5. The Morgan fingerprint density at radius 3 is 2.12 bits per heavy atom. The van der Waals surface area contributed by atoms with Crippen molar-refractivity contribution in [3.63, 3.8) is 0 Å². The van der Waals surface area contributed by atoms with E-state index in [1.807, 2.05) is 0 Å². The minimum Gasteiger partial charge on any atom is -0.394 e. The molecule has 0 spiro atoms. The predicted octanol–water partition coefficient (Wildman–Crippen LogP) is 6.02. The van der Waals surface area contributed by atoms with E-state index in [1.165, 1.54) is 25.7 Å². The molecule has 0 radical (unpaired) electrons. The first-order valence-electron chi connectivity index (χ1n) is 20.1. The summed E-state index contributed by atoms with van der Waals surface area (Å²) in [5, 5.41) is 51.1. The van der Waals surface area contributed by atoms with Crippen molar-refractivity contribution >= 4 is 0 Å². The fraction of sp³-hybridized carbons (Fsp3) is 0.951. The number of allylic oxidation sites excluding steroid dienone is 1. The van der Waals surface area contributed by atoms with E-state index in [0.717, 1.165) is 38.5 Å². The highest BCUT2D eigenvalue weighted by Gasteiger charge is 2.66. The largest absolute Gasteiger partial charge is 0.394 e. The van der Waals surface area contributed by atoms with Crippen LogP contribution in [-0.2, 0) is 18.9 Å². The molecule has 14 atom stereocenters. The topological polar surface area (TPSA) is 138 Å². The third-order valence-corrected chi connectivity index (χ3v) is 15.5. The minimum atomic E-state index is -1.04. The fourth-order valence-corrected chi connectivity index (χ4v) is 12.3. The molecule has 50 heavy (non-hydrogen) atoms. The van der Waals surface area contributed by atoms with Gasteiger partial charge in [0.15, 0.2) is 12.6 Å². The molecule has 9 heteroatoms. The smallest absolute Gasteiger partial charge is 0.161 e. The summed E-state index contributed by atoms with van der Waals surface area (Å²) in [7, 11) is 0. The van der Waals surface area contributed by atoms with Crippen LogP contribution in [0.2, 0.25) is 0 Å². The van der Waals surface area contributed by atoms with Crippen molar-refractivity contribution in [2.45, 2.75) is 193 Å². The lowest BCUT2D eigenvalue weighted by Gasteiger charge is -2.66. The molecule has 288 valence electrons. The Bertz CT molecular complexity index is 1200. The number of fused-ring (bicyclic) bond motifs is 5. The SMILES string of the molecule is CC(C)(O)[C@@H](CCCC1CC[C@@]2(C)C3CC=C4C(CC[C@H](O[C@H]5C[C@@H](O)C[C@@H](CO)O5)C4(C)C)[C@]3(C)CC[C@]12C)O[C@H]1C[C@@H](O)C[C@@H](CO)O1. The number of ether oxygens (including phenoxy) is 4. The summed E-state index contributed by atoms with van der Waals surface area (Å²) in [4.78, 5) is 0. The Balaban J connectivity index is 1.11. The second-order valence-corrected chi connectivity index (χ2v) is 19.2. The molecule has 2 heterocycles. The molecule has 0 bridgehead atoms. The van der Waals surface area contributed by atoms with Gasteiger partial charge in [0.05, 0.1) is 55.4 Å². The van der Waals surface area contributed by atoms with E-state index in [1.54, 1.807) is 19.4 Å². The molecule has 0 aromatic carbocycles. The monoisotopic (exact) mass is 707 g/mol. The molecule has 2 aliphatic heterocycles. The second kappa shape index (κ2) is 14.6. The Labute approximate surface area is 301 Å². The van der Waals surface area contributed by atoms with Crippen molar-refractivity contribution in [3.05, 3.63) is 11.6 Å². The van der Waals surface area contributed by atoms with Gasteiger partial charge in [-0.2, -0.15) is 0 Å². The zero-order valence-corrected chi connectivity index (χ0v) is 32.1. The molecule has 5 N–H and O–H groups in total. The number of hydrogen-bond acceptors (Lipinski definition) is 9. The van der Waals surface area contributed by atoms with Gasteiger partial charge in [-0.25, -0.2) is 0 Å². The van der Waals surface area contributed by atoms with Crippen LogP contribution in [-0.4, -0.2) is 93.6 Å². The minimum absolute atomic E-state index is 0.0163. The number of aliphatic hydroxyl groups is 5. The van der Waals surface area contributed by atoms with Crippen LogP contribution in [0.25, 0.3) is 0 Å². The summed E-state index contributed by atoms with van der Waals surface area (Å²) in [5.74, 6) is 1.80. The van der Waals surface area contributed by atoms with Gasteiger partial charge in [-0.1, -0.05) is 52.7 Å². The average Bonchev–Trinajstić information content (AvgIpc) is 3.30. The van der Waals surface area contributed by atoms with Gasteiger partial charge in [0.1, 0.15) is 0 Å². The molecule has 3 unspecified atom stereocenters. The average molecular weight is 707 g/mol. The molecule has 9 nitrogen and oxygen atoms in total. The summed E-state index contributed by atoms with van der Waals surface area (Å²) in [6.45, 7) is 15.8. The third kappa shape index (κ3) is 7.15. The van der Waals surface area contributed by atoms with Gasteiger partial charge in [-0.15, -0.1) is 0 Å². The standard InChI is InChI=1S/C41H70O9/c1-37(2)30-11-13-32-39(5,31(30)12-14-33(37)49-35-21-26(44)19-28(23-42)47-35)17-18-40(6)25(15-16-41(32,40)7)9-8-10-34(38(3,4)46)50-36-22-27(45)20-29(24-43)48-36/h11,25-29,31-36,42-46H,8-10,12-24H2,1-7H3/t25?,26-,27-,28-,29-,31?,32?,33-,34+,35-,36-,39-,40+,41-/m0/s1. The summed E-state index contributed by atoms with van der Waals surface area (Å²) < 4.78 is 24.9. The first-order valence-corrected chi connectivity index (χ1v) is 20.1. The molecule has 4 aliphatic carbocycles. The molecule has 2 saturated heterocycles. The maximum atomic E-state index is 11.1. The van der Waals surface area contributed by atoms with Crippen LogP contribution in [0.3, 0.4) is 0 Å². The highest BCUT2D eigenvalue weighted by Crippen LogP contribution is 2.74. The van der Waals surface area contributed by atoms with Crippen molar-refractivity contribution < 1.29 is 44.5 Å². The normalized spacial score (nSPS) is 46.8. The third-order valence-electron chi connectivity index (χ3n) is 15.5. The van der Waals surface area contributed by atoms with Crippen molar-refractivity contribution in [3.8, 4) is 0 Å². The lowest BCUT2D eigenvalue weighted by atomic mass is 9.39. The highest BCUT2D eigenvalue weighted by molar-refractivity contribution is 5.30. The lowest BCUT2D eigenvalue weighted by Crippen LogP contribution is -2.59. The van der Waals surface area contributed by atoms with Crippen LogP contribution in [0.5, 0.6) is 0 Å². The van der Waals surface area contributed by atoms with Crippen molar-refractivity contribution in [2.24, 2.45) is 39.4 Å². The van der Waals surface area contributed by atoms with E-state index in [0.29, 0.717) is 43.4 Å². The Morgan fingerprint density at radius 2 is 1.48 bits per heavy atom. The van der Waals surface area contributed by atoms with Crippen LogP contribution in [0.4, 0.5) is 0 Å². The summed E-state index contributed by atoms with van der Waals surface area (Å²) >= 11 is 0. The molecule has 6 aliphatic rings. The van der Waals surface area contributed by atoms with Gasteiger partial charge >= 0.3 is 0 Å². The lowest BCUT2D eigenvalue weighted by molar-refractivity contribution is -0.260. The van der Waals surface area contributed by atoms with Crippen molar-refractivity contribution in [1.82, 2.24) is 0 Å². The zero-order chi connectivity index (χ0) is 36.3. The summed E-state index contributed by atoms with van der Waals surface area (Å²) in [5.41, 5.74) is 1.14. The van der Waals surface area contributed by atoms with Crippen molar-refractivity contribution in [2.75, 3.05) is 13.2 Å². The molecule has 0 aromatic rings.